The van der Waals surface area contributed by atoms with Gasteiger partial charge in [-0.1, -0.05) is 93.1 Å². The number of nitrogens with one attached hydrogen (secondary N) is 3. The molecule has 1 unspecified atom stereocenters. The Kier molecular flexibility index (Phi) is 16.0. The van der Waals surface area contributed by atoms with Crippen LogP contribution in [-0.4, -0.2) is 88.8 Å². The summed E-state index contributed by atoms with van der Waals surface area (Å²) < 4.78 is 5.34. The van der Waals surface area contributed by atoms with Crippen LogP contribution < -0.4 is 26.4 Å². The maximum Gasteiger partial charge on any atom is 0.303 e. The summed E-state index contributed by atoms with van der Waals surface area (Å²) in [7, 11) is 1.61. The normalized spacial score (nSPS) is 18.3. The first-order chi connectivity index (χ1) is 26.0. The zero-order valence-electron chi connectivity index (χ0n) is 31.7. The summed E-state index contributed by atoms with van der Waals surface area (Å²) in [6.45, 7) is 4.76. The van der Waals surface area contributed by atoms with Gasteiger partial charge in [-0.2, -0.15) is 0 Å². The molecule has 1 aliphatic rings. The van der Waals surface area contributed by atoms with Gasteiger partial charge in [0.1, 0.15) is 17.3 Å². The van der Waals surface area contributed by atoms with Gasteiger partial charge >= 0.3 is 5.97 Å². The summed E-state index contributed by atoms with van der Waals surface area (Å²) in [6.07, 6.45) is 1.39. The molecule has 6 atom stereocenters. The largest absolute Gasteiger partial charge is 0.497 e. The monoisotopic (exact) mass is 743 g/mol. The van der Waals surface area contributed by atoms with Crippen LogP contribution in [0.25, 0.3) is 0 Å². The number of carbonyl (C=O) groups excluding carboxylic acids is 3. The Hall–Kier alpha value is -4.78. The number of carbonyl (C=O) groups is 4. The van der Waals surface area contributed by atoms with Crippen LogP contribution in [0.3, 0.4) is 0 Å². The average molecular weight is 744 g/mol. The fraction of sp³-hybridized carbons (Fsp3) is 0.476. The Bertz CT molecular complexity index is 1660. The lowest BCUT2D eigenvalue weighted by Gasteiger charge is -2.37. The molecule has 54 heavy (non-hydrogen) atoms. The van der Waals surface area contributed by atoms with Gasteiger partial charge in [0.15, 0.2) is 0 Å². The van der Waals surface area contributed by atoms with Crippen molar-refractivity contribution in [3.63, 3.8) is 0 Å². The van der Waals surface area contributed by atoms with Crippen molar-refractivity contribution in [1.29, 1.82) is 0 Å². The van der Waals surface area contributed by atoms with Crippen LogP contribution >= 0.6 is 0 Å². The number of carboxylic acids is 1. The second kappa shape index (κ2) is 20.6. The first kappa shape index (κ1) is 42.0. The van der Waals surface area contributed by atoms with E-state index in [0.29, 0.717) is 32.2 Å². The van der Waals surface area contributed by atoms with Crippen LogP contribution in [-0.2, 0) is 38.6 Å². The molecule has 7 N–H and O–H groups in total. The highest BCUT2D eigenvalue weighted by molar-refractivity contribution is 5.97. The topological polar surface area (TPSA) is 183 Å². The third-order valence-electron chi connectivity index (χ3n) is 10.6. The highest BCUT2D eigenvalue weighted by atomic mass is 16.5. The number of nitrogens with zero attached hydrogens (tertiary/aromatic N) is 1. The summed E-state index contributed by atoms with van der Waals surface area (Å²) in [4.78, 5) is 55.1. The number of rotatable bonds is 22. The van der Waals surface area contributed by atoms with Gasteiger partial charge in [-0.05, 0) is 73.3 Å². The fourth-order valence-electron chi connectivity index (χ4n) is 7.12. The minimum Gasteiger partial charge on any atom is -0.497 e. The number of benzene rings is 3. The number of amides is 3. The van der Waals surface area contributed by atoms with Gasteiger partial charge in [0, 0.05) is 26.1 Å². The first-order valence-corrected chi connectivity index (χ1v) is 19.0. The van der Waals surface area contributed by atoms with E-state index in [0.717, 1.165) is 22.4 Å². The predicted molar refractivity (Wildman–Crippen MR) is 207 cm³/mol. The zero-order valence-corrected chi connectivity index (χ0v) is 31.7. The molecule has 4 rings (SSSR count). The van der Waals surface area contributed by atoms with E-state index < -0.39 is 41.6 Å². The van der Waals surface area contributed by atoms with E-state index in [2.05, 4.69) is 16.0 Å². The molecule has 0 saturated carbocycles. The average Bonchev–Trinajstić information content (AvgIpc) is 3.50. The van der Waals surface area contributed by atoms with Gasteiger partial charge in [-0.3, -0.25) is 19.2 Å². The SMILES string of the molecule is CCC(C)[C@@]1(NC(=O)[C@@H](N)CCCC(=O)O)CCN([C@@H](CCc2ccccc2)C(=O)N[C@@H](Cc2ccccc2)[C@H](O)CNCc2cccc(OC)c2)C1=O. The number of hydrogen-bond acceptors (Lipinski definition) is 8. The number of aliphatic hydroxyl groups excluding tert-OH is 1. The second-order valence-corrected chi connectivity index (χ2v) is 14.3. The maximum absolute atomic E-state index is 14.6. The van der Waals surface area contributed by atoms with Gasteiger partial charge in [-0.15, -0.1) is 0 Å². The van der Waals surface area contributed by atoms with E-state index >= 15 is 0 Å². The van der Waals surface area contributed by atoms with Gasteiger partial charge < -0.3 is 41.5 Å². The quantitative estimate of drug-likeness (QED) is 0.0896. The van der Waals surface area contributed by atoms with E-state index in [4.69, 9.17) is 15.6 Å². The summed E-state index contributed by atoms with van der Waals surface area (Å²) in [5.41, 5.74) is 7.83. The smallest absolute Gasteiger partial charge is 0.303 e. The minimum atomic E-state index is -1.28. The van der Waals surface area contributed by atoms with Gasteiger partial charge in [0.05, 0.1) is 25.3 Å². The van der Waals surface area contributed by atoms with Crippen LogP contribution in [0.15, 0.2) is 84.9 Å². The molecule has 3 amide bonds. The van der Waals surface area contributed by atoms with Crippen molar-refractivity contribution in [1.82, 2.24) is 20.9 Å². The molecule has 3 aromatic carbocycles. The molecule has 292 valence electrons. The molecule has 3 aromatic rings. The van der Waals surface area contributed by atoms with Crippen LogP contribution in [0.5, 0.6) is 5.75 Å². The van der Waals surface area contributed by atoms with E-state index in [1.54, 1.807) is 12.0 Å². The number of methoxy groups -OCH3 is 1. The molecule has 0 bridgehead atoms. The Balaban J connectivity index is 1.57. The molecule has 1 saturated heterocycles. The fourth-order valence-corrected chi connectivity index (χ4v) is 7.12. The number of aryl methyl sites for hydroxylation is 1. The van der Waals surface area contributed by atoms with Crippen molar-refractivity contribution in [2.24, 2.45) is 11.7 Å². The Morgan fingerprint density at radius 2 is 1.61 bits per heavy atom. The lowest BCUT2D eigenvalue weighted by atomic mass is 9.81. The van der Waals surface area contributed by atoms with Crippen molar-refractivity contribution in [3.05, 3.63) is 102 Å². The summed E-state index contributed by atoms with van der Waals surface area (Å²) >= 11 is 0. The van der Waals surface area contributed by atoms with E-state index in [1.165, 1.54) is 0 Å². The number of aliphatic hydroxyl groups is 1. The lowest BCUT2D eigenvalue weighted by Crippen LogP contribution is -2.63. The number of ether oxygens (including phenoxy) is 1. The summed E-state index contributed by atoms with van der Waals surface area (Å²) in [6, 6.07) is 24.5. The van der Waals surface area contributed by atoms with E-state index in [-0.39, 0.29) is 56.5 Å². The molecular formula is C42H57N5O7. The number of nitrogens with two attached hydrogens (primary N) is 1. The predicted octanol–water partition coefficient (Wildman–Crippen LogP) is 3.59. The van der Waals surface area contributed by atoms with Crippen LogP contribution in [0.4, 0.5) is 0 Å². The molecule has 12 nitrogen and oxygen atoms in total. The third-order valence-corrected chi connectivity index (χ3v) is 10.6. The number of aliphatic carboxylic acids is 1. The van der Waals surface area contributed by atoms with Crippen LogP contribution in [0, 0.1) is 5.92 Å². The molecule has 1 fully saturated rings. The molecular weight excluding hydrogens is 686 g/mol. The van der Waals surface area contributed by atoms with Crippen molar-refractivity contribution in [2.75, 3.05) is 20.2 Å². The van der Waals surface area contributed by atoms with E-state index in [1.807, 2.05) is 98.8 Å². The van der Waals surface area contributed by atoms with Gasteiger partial charge in [0.2, 0.25) is 17.7 Å². The van der Waals surface area contributed by atoms with Gasteiger partial charge in [-0.25, -0.2) is 0 Å². The highest BCUT2D eigenvalue weighted by Gasteiger charge is 2.53. The van der Waals surface area contributed by atoms with Crippen LogP contribution in [0.1, 0.15) is 69.1 Å². The van der Waals surface area contributed by atoms with Crippen LogP contribution in [0.2, 0.25) is 0 Å². The minimum absolute atomic E-state index is 0.110. The third kappa shape index (κ3) is 11.6. The first-order valence-electron chi connectivity index (χ1n) is 19.0. The number of carboxylic acid groups (broad SMARTS) is 1. The van der Waals surface area contributed by atoms with Gasteiger partial charge in [0.25, 0.3) is 0 Å². The molecule has 0 aliphatic carbocycles. The van der Waals surface area contributed by atoms with Crippen molar-refractivity contribution in [3.8, 4) is 5.75 Å². The molecule has 0 radical (unpaired) electrons. The molecule has 12 heteroatoms. The molecule has 0 spiro atoms. The van der Waals surface area contributed by atoms with Crippen molar-refractivity contribution >= 4 is 23.7 Å². The lowest BCUT2D eigenvalue weighted by molar-refractivity contribution is -0.144. The Morgan fingerprint density at radius 3 is 2.26 bits per heavy atom. The maximum atomic E-state index is 14.6. The van der Waals surface area contributed by atoms with Crippen molar-refractivity contribution < 1.29 is 34.1 Å². The number of likely N-dealkylation sites (tertiary alicyclic amines) is 1. The van der Waals surface area contributed by atoms with E-state index in [9.17, 15) is 24.3 Å². The standard InChI is InChI=1S/C42H57N5O7/c1-4-29(2)42(46-39(51)34(43)19-12-20-38(49)50)23-24-47(41(42)53)36(22-21-30-13-7-5-8-14-30)40(52)45-35(26-31-15-9-6-10-16-31)37(48)28-44-27-32-17-11-18-33(25-32)54-3/h5-11,13-18,25,29,34-37,44,48H,4,12,19-24,26-28,43H2,1-3H3,(H,45,52)(H,46,51)(H,49,50)/t29?,34-,35-,36-,37+,42-/m0/s1. The van der Waals surface area contributed by atoms with Crippen molar-refractivity contribution in [2.45, 2.75) is 102 Å². The molecule has 0 aromatic heterocycles. The number of hydrogen-bond donors (Lipinski definition) is 6. The Morgan fingerprint density at radius 1 is 0.944 bits per heavy atom. The molecule has 1 aliphatic heterocycles. The summed E-state index contributed by atoms with van der Waals surface area (Å²) in [5, 5.41) is 30.0. The zero-order chi connectivity index (χ0) is 39.1. The highest BCUT2D eigenvalue weighted by Crippen LogP contribution is 2.35. The Labute approximate surface area is 318 Å². The summed E-state index contributed by atoms with van der Waals surface area (Å²) in [5.74, 6) is -1.76. The molecule has 1 heterocycles. The second-order valence-electron chi connectivity index (χ2n) is 14.3.